The summed E-state index contributed by atoms with van der Waals surface area (Å²) in [4.78, 5) is 0.205. The van der Waals surface area contributed by atoms with Crippen LogP contribution in [0.4, 0.5) is 5.82 Å². The highest BCUT2D eigenvalue weighted by Gasteiger charge is 2.23. The molecule has 5 nitrogen and oxygen atoms in total. The molecule has 1 saturated carbocycles. The summed E-state index contributed by atoms with van der Waals surface area (Å²) in [5, 5.41) is 4.24. The average molecular weight is 382 g/mol. The summed E-state index contributed by atoms with van der Waals surface area (Å²) in [6.45, 7) is 0. The smallest absolute Gasteiger partial charge is 0.284 e. The summed E-state index contributed by atoms with van der Waals surface area (Å²) < 4.78 is 26.9. The van der Waals surface area contributed by atoms with Crippen molar-refractivity contribution in [3.8, 4) is 11.3 Å². The molecule has 0 atom stereocenters. The lowest BCUT2D eigenvalue weighted by atomic mass is 9.84. The zero-order chi connectivity index (χ0) is 18.9. The summed E-state index contributed by atoms with van der Waals surface area (Å²) in [7, 11) is -3.82. The quantitative estimate of drug-likeness (QED) is 0.726. The Kier molecular flexibility index (Phi) is 4.74. The number of rotatable bonds is 4. The van der Waals surface area contributed by atoms with E-state index in [2.05, 4.69) is 5.10 Å². The fourth-order valence-electron chi connectivity index (χ4n) is 3.77. The first-order valence-electron chi connectivity index (χ1n) is 9.32. The minimum Gasteiger partial charge on any atom is -0.383 e. The van der Waals surface area contributed by atoms with Gasteiger partial charge in [-0.2, -0.15) is 13.5 Å². The van der Waals surface area contributed by atoms with Crippen LogP contribution in [0.25, 0.3) is 11.3 Å². The molecular weight excluding hydrogens is 358 g/mol. The van der Waals surface area contributed by atoms with Crippen molar-refractivity contribution in [3.63, 3.8) is 0 Å². The summed E-state index contributed by atoms with van der Waals surface area (Å²) >= 11 is 0. The van der Waals surface area contributed by atoms with Gasteiger partial charge in [0.2, 0.25) is 0 Å². The normalized spacial score (nSPS) is 15.7. The molecule has 1 heterocycles. The lowest BCUT2D eigenvalue weighted by molar-refractivity contribution is 0.443. The van der Waals surface area contributed by atoms with Gasteiger partial charge in [0, 0.05) is 11.6 Å². The van der Waals surface area contributed by atoms with Gasteiger partial charge in [-0.1, -0.05) is 61.7 Å². The third-order valence-corrected chi connectivity index (χ3v) is 6.87. The van der Waals surface area contributed by atoms with Gasteiger partial charge in [-0.25, -0.2) is 0 Å². The van der Waals surface area contributed by atoms with Crippen LogP contribution in [0.2, 0.25) is 0 Å². The van der Waals surface area contributed by atoms with Crippen molar-refractivity contribution in [1.82, 2.24) is 9.19 Å². The molecule has 1 aliphatic rings. The van der Waals surface area contributed by atoms with E-state index in [0.717, 1.165) is 9.65 Å². The third-order valence-electron chi connectivity index (χ3n) is 5.26. The minimum absolute atomic E-state index is 0.102. The van der Waals surface area contributed by atoms with Crippen LogP contribution < -0.4 is 5.73 Å². The third kappa shape index (κ3) is 3.49. The van der Waals surface area contributed by atoms with Gasteiger partial charge in [-0.3, -0.25) is 0 Å². The second kappa shape index (κ2) is 7.19. The zero-order valence-corrected chi connectivity index (χ0v) is 15.9. The molecule has 0 aliphatic heterocycles. The van der Waals surface area contributed by atoms with Crippen LogP contribution in [0, 0.1) is 0 Å². The molecule has 0 spiro atoms. The zero-order valence-electron chi connectivity index (χ0n) is 15.1. The van der Waals surface area contributed by atoms with Crippen LogP contribution in [0.15, 0.2) is 65.6 Å². The Morgan fingerprint density at radius 1 is 0.926 bits per heavy atom. The second-order valence-electron chi connectivity index (χ2n) is 7.07. The molecule has 1 fully saturated rings. The molecule has 2 aromatic carbocycles. The van der Waals surface area contributed by atoms with Gasteiger partial charge in [0.15, 0.2) is 0 Å². The van der Waals surface area contributed by atoms with Crippen molar-refractivity contribution in [1.29, 1.82) is 0 Å². The van der Waals surface area contributed by atoms with Crippen molar-refractivity contribution in [2.24, 2.45) is 0 Å². The molecule has 6 heteroatoms. The second-order valence-corrected chi connectivity index (χ2v) is 8.84. The van der Waals surface area contributed by atoms with Gasteiger partial charge < -0.3 is 5.73 Å². The molecule has 0 radical (unpaired) electrons. The molecule has 0 unspecified atom stereocenters. The molecule has 0 amide bonds. The van der Waals surface area contributed by atoms with E-state index in [1.807, 2.05) is 42.5 Å². The van der Waals surface area contributed by atoms with E-state index in [-0.39, 0.29) is 10.7 Å². The highest BCUT2D eigenvalue weighted by molar-refractivity contribution is 7.90. The number of nitrogens with two attached hydrogens (primary N) is 1. The largest absolute Gasteiger partial charge is 0.383 e. The maximum atomic E-state index is 13.0. The Labute approximate surface area is 159 Å². The molecule has 4 rings (SSSR count). The molecular formula is C21H23N3O2S. The molecule has 1 aromatic heterocycles. The number of anilines is 1. The fourth-order valence-corrected chi connectivity index (χ4v) is 4.98. The van der Waals surface area contributed by atoms with E-state index in [4.69, 9.17) is 5.73 Å². The Hall–Kier alpha value is -2.60. The Bertz CT molecular complexity index is 1020. The van der Waals surface area contributed by atoms with Crippen molar-refractivity contribution < 1.29 is 8.42 Å². The monoisotopic (exact) mass is 381 g/mol. The molecule has 27 heavy (non-hydrogen) atoms. The van der Waals surface area contributed by atoms with E-state index >= 15 is 0 Å². The molecule has 3 aromatic rings. The first-order chi connectivity index (χ1) is 13.1. The number of hydrogen-bond acceptors (Lipinski definition) is 4. The van der Waals surface area contributed by atoms with E-state index < -0.39 is 10.0 Å². The first-order valence-corrected chi connectivity index (χ1v) is 10.8. The van der Waals surface area contributed by atoms with E-state index in [9.17, 15) is 8.42 Å². The van der Waals surface area contributed by atoms with Gasteiger partial charge in [-0.05, 0) is 36.5 Å². The van der Waals surface area contributed by atoms with Crippen molar-refractivity contribution in [3.05, 3.63) is 66.2 Å². The lowest BCUT2D eigenvalue weighted by Crippen LogP contribution is -2.17. The minimum atomic E-state index is -3.82. The Balaban J connectivity index is 1.64. The number of aromatic nitrogens is 2. The first kappa shape index (κ1) is 17.8. The molecule has 2 N–H and O–H groups in total. The fraction of sp³-hybridized carbons (Fsp3) is 0.286. The van der Waals surface area contributed by atoms with Gasteiger partial charge >= 0.3 is 0 Å². The Morgan fingerprint density at radius 3 is 2.26 bits per heavy atom. The van der Waals surface area contributed by atoms with Crippen LogP contribution in [-0.2, 0) is 10.0 Å². The van der Waals surface area contributed by atoms with Gasteiger partial charge in [0.1, 0.15) is 5.82 Å². The van der Waals surface area contributed by atoms with E-state index in [0.29, 0.717) is 11.6 Å². The van der Waals surface area contributed by atoms with Crippen LogP contribution in [0.5, 0.6) is 0 Å². The van der Waals surface area contributed by atoms with E-state index in [1.54, 1.807) is 18.2 Å². The average Bonchev–Trinajstić information content (AvgIpc) is 3.12. The van der Waals surface area contributed by atoms with Crippen LogP contribution in [-0.4, -0.2) is 17.6 Å². The SMILES string of the molecule is Nc1cc(-c2ccccc2)nn1S(=O)(=O)c1ccc(C2CCCCC2)cc1. The highest BCUT2D eigenvalue weighted by Crippen LogP contribution is 2.33. The summed E-state index contributed by atoms with van der Waals surface area (Å²) in [5.74, 6) is 0.639. The molecule has 1 aliphatic carbocycles. The lowest BCUT2D eigenvalue weighted by Gasteiger charge is -2.22. The topological polar surface area (TPSA) is 78.0 Å². The molecule has 140 valence electrons. The standard InChI is InChI=1S/C21H23N3O2S/c22-21-15-20(18-9-5-2-6-10-18)23-24(21)27(25,26)19-13-11-17(12-14-19)16-7-3-1-4-8-16/h2,5-6,9-16H,1,3-4,7-8,22H2. The molecule has 0 bridgehead atoms. The number of nitrogens with zero attached hydrogens (tertiary/aromatic N) is 2. The molecule has 0 saturated heterocycles. The van der Waals surface area contributed by atoms with Crippen LogP contribution >= 0.6 is 0 Å². The maximum absolute atomic E-state index is 13.0. The summed E-state index contributed by atoms with van der Waals surface area (Å²) in [6.07, 6.45) is 6.15. The van der Waals surface area contributed by atoms with Crippen LogP contribution in [0.1, 0.15) is 43.6 Å². The predicted octanol–water partition coefficient (Wildman–Crippen LogP) is 4.42. The van der Waals surface area contributed by atoms with Crippen molar-refractivity contribution >= 4 is 15.8 Å². The Morgan fingerprint density at radius 2 is 1.59 bits per heavy atom. The summed E-state index contributed by atoms with van der Waals surface area (Å²) in [6, 6.07) is 18.2. The van der Waals surface area contributed by atoms with Crippen LogP contribution in [0.3, 0.4) is 0 Å². The highest BCUT2D eigenvalue weighted by atomic mass is 32.2. The predicted molar refractivity (Wildman–Crippen MR) is 107 cm³/mol. The number of nitrogen functional groups attached to an aromatic ring is 1. The van der Waals surface area contributed by atoms with Crippen molar-refractivity contribution in [2.45, 2.75) is 42.9 Å². The van der Waals surface area contributed by atoms with Crippen molar-refractivity contribution in [2.75, 3.05) is 5.73 Å². The van der Waals surface area contributed by atoms with Gasteiger partial charge in [-0.15, -0.1) is 4.09 Å². The number of hydrogen-bond donors (Lipinski definition) is 1. The van der Waals surface area contributed by atoms with Gasteiger partial charge in [0.25, 0.3) is 10.0 Å². The van der Waals surface area contributed by atoms with E-state index in [1.165, 1.54) is 37.7 Å². The summed E-state index contributed by atoms with van der Waals surface area (Å²) in [5.41, 5.74) is 8.55. The van der Waals surface area contributed by atoms with Gasteiger partial charge in [0.05, 0.1) is 10.6 Å². The maximum Gasteiger partial charge on any atom is 0.284 e. The number of benzene rings is 2.